The van der Waals surface area contributed by atoms with E-state index in [9.17, 15) is 0 Å². The molecule has 84 valence electrons. The number of aromatic nitrogens is 3. The molecule has 6 heteroatoms. The van der Waals surface area contributed by atoms with Crippen LogP contribution in [0.1, 0.15) is 17.7 Å². The highest BCUT2D eigenvalue weighted by atomic mass is 35.5. The van der Waals surface area contributed by atoms with E-state index >= 15 is 0 Å². The minimum atomic E-state index is 0.184. The first kappa shape index (κ1) is 11.3. The molecule has 16 heavy (non-hydrogen) atoms. The van der Waals surface area contributed by atoms with E-state index in [1.165, 1.54) is 11.8 Å². The van der Waals surface area contributed by atoms with Crippen LogP contribution in [0.3, 0.4) is 0 Å². The Morgan fingerprint density at radius 3 is 2.81 bits per heavy atom. The van der Waals surface area contributed by atoms with E-state index in [1.54, 1.807) is 0 Å². The van der Waals surface area contributed by atoms with E-state index in [2.05, 4.69) is 22.1 Å². The summed E-state index contributed by atoms with van der Waals surface area (Å²) < 4.78 is 0. The number of rotatable bonds is 3. The number of hydrogen-bond donors (Lipinski definition) is 2. The maximum Gasteiger partial charge on any atom is 0.216 e. The van der Waals surface area contributed by atoms with Crippen molar-refractivity contribution in [1.82, 2.24) is 15.2 Å². The van der Waals surface area contributed by atoms with Gasteiger partial charge in [0.05, 0.1) is 0 Å². The summed E-state index contributed by atoms with van der Waals surface area (Å²) in [5.74, 6) is 0.328. The fraction of sp³-hybridized carbons (Fsp3) is 0.200. The van der Waals surface area contributed by atoms with Crippen LogP contribution in [-0.4, -0.2) is 15.2 Å². The molecule has 0 saturated heterocycles. The van der Waals surface area contributed by atoms with Gasteiger partial charge in [0.25, 0.3) is 0 Å². The van der Waals surface area contributed by atoms with Gasteiger partial charge in [0.2, 0.25) is 11.1 Å². The Bertz CT molecular complexity index is 485. The lowest BCUT2D eigenvalue weighted by Crippen LogP contribution is -1.90. The smallest absolute Gasteiger partial charge is 0.216 e. The fourth-order valence-corrected chi connectivity index (χ4v) is 2.60. The minimum absolute atomic E-state index is 0.184. The van der Waals surface area contributed by atoms with Gasteiger partial charge in [0.15, 0.2) is 0 Å². The van der Waals surface area contributed by atoms with Gasteiger partial charge >= 0.3 is 0 Å². The summed E-state index contributed by atoms with van der Waals surface area (Å²) in [6.07, 6.45) is 0. The minimum Gasteiger partial charge on any atom is -0.368 e. The first-order valence-electron chi connectivity index (χ1n) is 4.76. The molecule has 0 fully saturated rings. The lowest BCUT2D eigenvalue weighted by atomic mass is 10.2. The van der Waals surface area contributed by atoms with Crippen molar-refractivity contribution in [3.05, 3.63) is 34.9 Å². The molecule has 0 aliphatic carbocycles. The number of nitrogen functional groups attached to an aromatic ring is 1. The first-order valence-corrected chi connectivity index (χ1v) is 6.01. The van der Waals surface area contributed by atoms with Crippen molar-refractivity contribution in [3.8, 4) is 0 Å². The predicted molar refractivity (Wildman–Crippen MR) is 66.5 cm³/mol. The summed E-state index contributed by atoms with van der Waals surface area (Å²) in [7, 11) is 0. The molecule has 1 atom stereocenters. The number of nitrogens with one attached hydrogen (secondary N) is 1. The molecular weight excluding hydrogens is 244 g/mol. The van der Waals surface area contributed by atoms with Gasteiger partial charge in [-0.05, 0) is 18.6 Å². The number of nitrogens with two attached hydrogens (primary N) is 1. The Kier molecular flexibility index (Phi) is 3.36. The second-order valence-electron chi connectivity index (χ2n) is 3.28. The third-order valence-corrected chi connectivity index (χ3v) is 3.45. The van der Waals surface area contributed by atoms with Crippen molar-refractivity contribution in [2.24, 2.45) is 0 Å². The van der Waals surface area contributed by atoms with Gasteiger partial charge in [-0.2, -0.15) is 4.98 Å². The highest BCUT2D eigenvalue weighted by molar-refractivity contribution is 7.99. The zero-order valence-electron chi connectivity index (χ0n) is 8.64. The summed E-state index contributed by atoms with van der Waals surface area (Å²) in [5, 5.41) is 8.14. The third-order valence-electron chi connectivity index (χ3n) is 2.11. The van der Waals surface area contributed by atoms with Crippen LogP contribution < -0.4 is 5.73 Å². The van der Waals surface area contributed by atoms with Crippen molar-refractivity contribution in [3.63, 3.8) is 0 Å². The molecule has 0 saturated carbocycles. The molecule has 2 aromatic rings. The van der Waals surface area contributed by atoms with Crippen LogP contribution in [-0.2, 0) is 0 Å². The maximum atomic E-state index is 6.10. The highest BCUT2D eigenvalue weighted by Crippen LogP contribution is 2.36. The van der Waals surface area contributed by atoms with Gasteiger partial charge in [-0.3, -0.25) is 0 Å². The summed E-state index contributed by atoms with van der Waals surface area (Å²) >= 11 is 7.62. The topological polar surface area (TPSA) is 67.6 Å². The van der Waals surface area contributed by atoms with E-state index in [0.717, 1.165) is 10.6 Å². The molecule has 0 radical (unpaired) electrons. The van der Waals surface area contributed by atoms with Gasteiger partial charge in [0, 0.05) is 10.3 Å². The number of thioether (sulfide) groups is 1. The second-order valence-corrected chi connectivity index (χ2v) is 5.00. The maximum absolute atomic E-state index is 6.10. The fourth-order valence-electron chi connectivity index (χ4n) is 1.34. The molecule has 1 aromatic heterocycles. The summed E-state index contributed by atoms with van der Waals surface area (Å²) in [6.45, 7) is 2.05. The van der Waals surface area contributed by atoms with E-state index in [4.69, 9.17) is 17.3 Å². The van der Waals surface area contributed by atoms with Gasteiger partial charge in [0.1, 0.15) is 0 Å². The number of benzene rings is 1. The predicted octanol–water partition coefficient (Wildman–Crippen LogP) is 2.89. The molecule has 0 bridgehead atoms. The van der Waals surface area contributed by atoms with E-state index < -0.39 is 0 Å². The first-order chi connectivity index (χ1) is 7.66. The zero-order chi connectivity index (χ0) is 11.5. The molecule has 1 aromatic carbocycles. The summed E-state index contributed by atoms with van der Waals surface area (Å²) in [6, 6.07) is 7.74. The van der Waals surface area contributed by atoms with Gasteiger partial charge in [-0.15, -0.1) is 5.10 Å². The number of aromatic amines is 1. The van der Waals surface area contributed by atoms with E-state index in [-0.39, 0.29) is 5.25 Å². The number of nitrogens with zero attached hydrogens (tertiary/aromatic N) is 2. The van der Waals surface area contributed by atoms with Crippen LogP contribution in [0.5, 0.6) is 0 Å². The molecule has 0 spiro atoms. The van der Waals surface area contributed by atoms with Crippen molar-refractivity contribution >= 4 is 29.3 Å². The normalized spacial score (nSPS) is 12.6. The average Bonchev–Trinajstić information content (AvgIpc) is 2.64. The Morgan fingerprint density at radius 1 is 1.44 bits per heavy atom. The molecule has 0 amide bonds. The molecule has 0 aliphatic heterocycles. The second kappa shape index (κ2) is 4.76. The number of H-pyrrole nitrogens is 1. The Morgan fingerprint density at radius 2 is 2.19 bits per heavy atom. The molecular formula is C10H11ClN4S. The Labute approximate surface area is 103 Å². The van der Waals surface area contributed by atoms with Crippen LogP contribution in [0.4, 0.5) is 5.95 Å². The zero-order valence-corrected chi connectivity index (χ0v) is 10.2. The standard InChI is InChI=1S/C10H11ClN4S/c1-6(7-4-2-3-5-8(7)11)16-10-13-9(12)14-15-10/h2-6H,1H3,(H3,12,13,14,15)/t6-/m0/s1. The quantitative estimate of drug-likeness (QED) is 0.827. The number of halogens is 1. The lowest BCUT2D eigenvalue weighted by molar-refractivity contribution is 0.960. The molecule has 2 rings (SSSR count). The van der Waals surface area contributed by atoms with Crippen molar-refractivity contribution in [1.29, 1.82) is 0 Å². The number of hydrogen-bond acceptors (Lipinski definition) is 4. The van der Waals surface area contributed by atoms with Crippen molar-refractivity contribution in [2.75, 3.05) is 5.73 Å². The largest absolute Gasteiger partial charge is 0.368 e. The molecule has 4 nitrogen and oxygen atoms in total. The van der Waals surface area contributed by atoms with Crippen LogP contribution in [0.15, 0.2) is 29.4 Å². The van der Waals surface area contributed by atoms with Crippen LogP contribution >= 0.6 is 23.4 Å². The molecule has 0 aliphatic rings. The average molecular weight is 255 g/mol. The Balaban J connectivity index is 2.14. The monoisotopic (exact) mass is 254 g/mol. The van der Waals surface area contributed by atoms with Gasteiger partial charge < -0.3 is 5.73 Å². The Hall–Kier alpha value is -1.20. The lowest BCUT2D eigenvalue weighted by Gasteiger charge is -2.10. The van der Waals surface area contributed by atoms with Gasteiger partial charge in [-0.1, -0.05) is 41.6 Å². The van der Waals surface area contributed by atoms with Crippen molar-refractivity contribution < 1.29 is 0 Å². The molecule has 0 unspecified atom stereocenters. The summed E-state index contributed by atoms with van der Waals surface area (Å²) in [5.41, 5.74) is 6.52. The van der Waals surface area contributed by atoms with E-state index in [1.807, 2.05) is 24.3 Å². The SMILES string of the molecule is C[C@H](Sc1n[nH]c(N)n1)c1ccccc1Cl. The highest BCUT2D eigenvalue weighted by Gasteiger charge is 2.13. The van der Waals surface area contributed by atoms with Crippen LogP contribution in [0.2, 0.25) is 5.02 Å². The van der Waals surface area contributed by atoms with E-state index in [0.29, 0.717) is 11.1 Å². The third kappa shape index (κ3) is 2.48. The molecule has 3 N–H and O–H groups in total. The van der Waals surface area contributed by atoms with Crippen molar-refractivity contribution in [2.45, 2.75) is 17.3 Å². The number of anilines is 1. The van der Waals surface area contributed by atoms with Crippen LogP contribution in [0.25, 0.3) is 0 Å². The van der Waals surface area contributed by atoms with Gasteiger partial charge in [-0.25, -0.2) is 5.10 Å². The van der Waals surface area contributed by atoms with Crippen LogP contribution in [0, 0.1) is 0 Å². The summed E-state index contributed by atoms with van der Waals surface area (Å²) in [4.78, 5) is 4.04. The molecule has 1 heterocycles.